The minimum Gasteiger partial charge on any atom is -0.479 e. The molecule has 0 aliphatic heterocycles. The fourth-order valence-corrected chi connectivity index (χ4v) is 5.27. The molecule has 2 aromatic carbocycles. The molecule has 0 spiro atoms. The number of aliphatic hydroxyl groups is 1. The number of hydrogen-bond acceptors (Lipinski definition) is 3. The molecule has 0 atom stereocenters. The van der Waals surface area contributed by atoms with Crippen molar-refractivity contribution in [2.75, 3.05) is 0 Å². The van der Waals surface area contributed by atoms with E-state index in [9.17, 15) is 23.8 Å². The number of aliphatic carboxylic acids is 1. The summed E-state index contributed by atoms with van der Waals surface area (Å²) >= 11 is 0. The molecule has 6 nitrogen and oxygen atoms in total. The number of hydrogen-bond donors (Lipinski definition) is 3. The van der Waals surface area contributed by atoms with E-state index in [0.717, 1.165) is 39.1 Å². The van der Waals surface area contributed by atoms with E-state index in [2.05, 4.69) is 24.0 Å². The molecule has 8 heteroatoms. The second-order valence-electron chi connectivity index (χ2n) is 9.33. The first-order chi connectivity index (χ1) is 15.7. The smallest absolute Gasteiger partial charge is 0.335 e. The zero-order valence-electron chi connectivity index (χ0n) is 18.4. The fourth-order valence-electron chi connectivity index (χ4n) is 5.27. The largest absolute Gasteiger partial charge is 0.479 e. The van der Waals surface area contributed by atoms with Crippen LogP contribution in [0.3, 0.4) is 0 Å². The Morgan fingerprint density at radius 2 is 1.91 bits per heavy atom. The molecule has 0 bridgehead atoms. The van der Waals surface area contributed by atoms with Crippen LogP contribution < -0.4 is 0 Å². The van der Waals surface area contributed by atoms with Gasteiger partial charge in [-0.05, 0) is 67.3 Å². The van der Waals surface area contributed by atoms with Gasteiger partial charge in [-0.3, -0.25) is 5.10 Å². The zero-order chi connectivity index (χ0) is 23.5. The van der Waals surface area contributed by atoms with Crippen molar-refractivity contribution in [2.24, 2.45) is 0 Å². The molecular formula is C25H25F2N3O3. The van der Waals surface area contributed by atoms with Gasteiger partial charge in [0.25, 0.3) is 0 Å². The van der Waals surface area contributed by atoms with Crippen LogP contribution in [-0.2, 0) is 4.79 Å². The van der Waals surface area contributed by atoms with Crippen LogP contribution in [0.2, 0.25) is 0 Å². The van der Waals surface area contributed by atoms with Gasteiger partial charge in [0.1, 0.15) is 0 Å². The molecule has 0 amide bonds. The Morgan fingerprint density at radius 3 is 2.55 bits per heavy atom. The first kappa shape index (κ1) is 21.6. The van der Waals surface area contributed by atoms with Crippen LogP contribution in [0, 0.1) is 11.6 Å². The number of benzene rings is 2. The maximum Gasteiger partial charge on any atom is 0.335 e. The molecule has 0 saturated heterocycles. The molecule has 1 aliphatic carbocycles. The fraction of sp³-hybridized carbons (Fsp3) is 0.360. The molecule has 0 unspecified atom stereocenters. The number of fused-ring (bicyclic) bond motifs is 2. The van der Waals surface area contributed by atoms with E-state index in [1.54, 1.807) is 12.3 Å². The number of aromatic amines is 1. The lowest BCUT2D eigenvalue weighted by atomic mass is 9.74. The average Bonchev–Trinajstić information content (AvgIpc) is 3.36. The van der Waals surface area contributed by atoms with Gasteiger partial charge in [0, 0.05) is 28.2 Å². The average molecular weight is 453 g/mol. The van der Waals surface area contributed by atoms with Crippen molar-refractivity contribution in [1.29, 1.82) is 0 Å². The highest BCUT2D eigenvalue weighted by Crippen LogP contribution is 2.46. The van der Waals surface area contributed by atoms with Gasteiger partial charge >= 0.3 is 5.97 Å². The number of carboxylic acid groups (broad SMARTS) is 1. The van der Waals surface area contributed by atoms with Gasteiger partial charge in [-0.25, -0.2) is 13.6 Å². The van der Waals surface area contributed by atoms with E-state index < -0.39 is 23.2 Å². The van der Waals surface area contributed by atoms with Crippen molar-refractivity contribution >= 4 is 27.8 Å². The number of carbonyl (C=O) groups is 1. The van der Waals surface area contributed by atoms with E-state index in [1.807, 2.05) is 16.7 Å². The second-order valence-corrected chi connectivity index (χ2v) is 9.33. The van der Waals surface area contributed by atoms with E-state index in [-0.39, 0.29) is 24.7 Å². The molecule has 2 aromatic heterocycles. The predicted octanol–water partition coefficient (Wildman–Crippen LogP) is 5.38. The summed E-state index contributed by atoms with van der Waals surface area (Å²) in [6, 6.07) is 7.91. The van der Waals surface area contributed by atoms with Gasteiger partial charge in [0.15, 0.2) is 17.2 Å². The Morgan fingerprint density at radius 1 is 1.18 bits per heavy atom. The van der Waals surface area contributed by atoms with Crippen LogP contribution in [0.15, 0.2) is 36.5 Å². The summed E-state index contributed by atoms with van der Waals surface area (Å²) in [5.41, 5.74) is 2.57. The van der Waals surface area contributed by atoms with E-state index in [1.165, 1.54) is 6.07 Å². The lowest BCUT2D eigenvalue weighted by molar-refractivity contribution is -0.162. The molecule has 1 aliphatic rings. The molecule has 33 heavy (non-hydrogen) atoms. The summed E-state index contributed by atoms with van der Waals surface area (Å²) in [7, 11) is 0. The third-order valence-electron chi connectivity index (χ3n) is 6.93. The number of halogens is 2. The Kier molecular flexibility index (Phi) is 5.01. The Labute approximate surface area is 188 Å². The van der Waals surface area contributed by atoms with Crippen molar-refractivity contribution in [2.45, 2.75) is 57.0 Å². The molecular weight excluding hydrogens is 428 g/mol. The highest BCUT2D eigenvalue weighted by atomic mass is 19.2. The van der Waals surface area contributed by atoms with Crippen LogP contribution >= 0.6 is 0 Å². The second kappa shape index (κ2) is 7.66. The van der Waals surface area contributed by atoms with Crippen molar-refractivity contribution < 1.29 is 23.8 Å². The number of rotatable bonds is 4. The predicted molar refractivity (Wildman–Crippen MR) is 121 cm³/mol. The SMILES string of the molecule is CC(C)c1c(C2CCC(O)(C(=O)O)CC2)c2cc3[nH]ncc3cc2n1-c1ccc(F)c(F)c1. The molecule has 0 radical (unpaired) electrons. The van der Waals surface area contributed by atoms with E-state index in [0.29, 0.717) is 18.5 Å². The molecule has 172 valence electrons. The monoisotopic (exact) mass is 453 g/mol. The van der Waals surface area contributed by atoms with Crippen LogP contribution in [-0.4, -0.2) is 36.5 Å². The lowest BCUT2D eigenvalue weighted by Gasteiger charge is -2.33. The van der Waals surface area contributed by atoms with Crippen LogP contribution in [0.5, 0.6) is 0 Å². The summed E-state index contributed by atoms with van der Waals surface area (Å²) in [6.45, 7) is 4.11. The summed E-state index contributed by atoms with van der Waals surface area (Å²) in [4.78, 5) is 11.5. The van der Waals surface area contributed by atoms with Gasteiger partial charge in [0.05, 0.1) is 17.2 Å². The van der Waals surface area contributed by atoms with Crippen molar-refractivity contribution in [3.05, 3.63) is 59.4 Å². The summed E-state index contributed by atoms with van der Waals surface area (Å²) in [5.74, 6) is -2.93. The van der Waals surface area contributed by atoms with Crippen LogP contribution in [0.4, 0.5) is 8.78 Å². The Balaban J connectivity index is 1.77. The summed E-state index contributed by atoms with van der Waals surface area (Å²) in [6.07, 6.45) is 3.07. The lowest BCUT2D eigenvalue weighted by Crippen LogP contribution is -2.41. The molecule has 5 rings (SSSR count). The summed E-state index contributed by atoms with van der Waals surface area (Å²) in [5, 5.41) is 28.9. The van der Waals surface area contributed by atoms with E-state index >= 15 is 0 Å². The summed E-state index contributed by atoms with van der Waals surface area (Å²) < 4.78 is 29.9. The van der Waals surface area contributed by atoms with Gasteiger partial charge in [-0.2, -0.15) is 5.10 Å². The van der Waals surface area contributed by atoms with Gasteiger partial charge < -0.3 is 14.8 Å². The van der Waals surface area contributed by atoms with Crippen molar-refractivity contribution in [3.63, 3.8) is 0 Å². The van der Waals surface area contributed by atoms with Gasteiger partial charge in [0.2, 0.25) is 0 Å². The third-order valence-corrected chi connectivity index (χ3v) is 6.93. The normalized spacial score (nSPS) is 21.3. The number of aromatic nitrogens is 3. The quantitative estimate of drug-likeness (QED) is 0.387. The zero-order valence-corrected chi connectivity index (χ0v) is 18.4. The van der Waals surface area contributed by atoms with Gasteiger partial charge in [-0.15, -0.1) is 0 Å². The number of nitrogens with one attached hydrogen (secondary N) is 1. The number of H-pyrrole nitrogens is 1. The minimum absolute atomic E-state index is 0.0245. The number of nitrogens with zero attached hydrogens (tertiary/aromatic N) is 2. The highest BCUT2D eigenvalue weighted by molar-refractivity contribution is 5.99. The first-order valence-electron chi connectivity index (χ1n) is 11.1. The Hall–Kier alpha value is -3.26. The molecule has 2 heterocycles. The molecule has 4 aromatic rings. The van der Waals surface area contributed by atoms with E-state index in [4.69, 9.17) is 0 Å². The maximum atomic E-state index is 14.2. The molecule has 1 fully saturated rings. The highest BCUT2D eigenvalue weighted by Gasteiger charge is 2.41. The molecule has 1 saturated carbocycles. The topological polar surface area (TPSA) is 91.1 Å². The third kappa shape index (κ3) is 3.40. The first-order valence-corrected chi connectivity index (χ1v) is 11.1. The van der Waals surface area contributed by atoms with Crippen LogP contribution in [0.25, 0.3) is 27.5 Å². The van der Waals surface area contributed by atoms with Crippen molar-refractivity contribution in [3.8, 4) is 5.69 Å². The number of carboxylic acids is 1. The van der Waals surface area contributed by atoms with Crippen LogP contribution in [0.1, 0.15) is 62.6 Å². The van der Waals surface area contributed by atoms with Gasteiger partial charge in [-0.1, -0.05) is 13.8 Å². The maximum absolute atomic E-state index is 14.2. The standard InChI is InChI=1S/C25H25F2N3O3/c1-13(2)23-22(14-5-7-25(33,8-6-14)24(31)32)17-11-20-15(12-28-29-20)9-21(17)30(23)16-3-4-18(26)19(27)10-16/h3-4,9-14,33H,5-8H2,1-2H3,(H,28,29)(H,31,32). The Bertz CT molecular complexity index is 1380. The van der Waals surface area contributed by atoms with Crippen molar-refractivity contribution in [1.82, 2.24) is 14.8 Å². The molecule has 3 N–H and O–H groups in total. The minimum atomic E-state index is -1.70.